The second-order valence-electron chi connectivity index (χ2n) is 7.55. The Morgan fingerprint density at radius 2 is 1.86 bits per heavy atom. The summed E-state index contributed by atoms with van der Waals surface area (Å²) >= 11 is 1.65. The Balaban J connectivity index is 1.61. The van der Waals surface area contributed by atoms with Crippen molar-refractivity contribution in [2.45, 2.75) is 32.1 Å². The maximum absolute atomic E-state index is 12.4. The molecule has 1 saturated heterocycles. The fourth-order valence-corrected chi connectivity index (χ4v) is 4.46. The van der Waals surface area contributed by atoms with Crippen molar-refractivity contribution in [3.8, 4) is 0 Å². The van der Waals surface area contributed by atoms with Crippen LogP contribution in [0.25, 0.3) is 0 Å². The maximum Gasteiger partial charge on any atom is 0.251 e. The molecule has 1 aliphatic heterocycles. The maximum atomic E-state index is 12.4. The molecule has 28 heavy (non-hydrogen) atoms. The average Bonchev–Trinajstić information content (AvgIpc) is 3.07. The number of carbonyl (C=O) groups excluding carboxylic acids is 2. The lowest BCUT2D eigenvalue weighted by Crippen LogP contribution is -2.30. The lowest BCUT2D eigenvalue weighted by Gasteiger charge is -2.24. The number of hydrogen-bond donors (Lipinski definition) is 1. The molecule has 0 bridgehead atoms. The number of nitrogens with zero attached hydrogens (tertiary/aromatic N) is 1. The number of nitrogens with one attached hydrogen (secondary N) is 1. The second-order valence-corrected chi connectivity index (χ2v) is 8.62. The molecule has 0 aliphatic carbocycles. The molecule has 1 N–H and O–H groups in total. The van der Waals surface area contributed by atoms with Gasteiger partial charge in [-0.05, 0) is 42.0 Å². The summed E-state index contributed by atoms with van der Waals surface area (Å²) in [5.74, 6) is 1.22. The Bertz CT molecular complexity index is 790. The lowest BCUT2D eigenvalue weighted by atomic mass is 10.1. The average molecular weight is 397 g/mol. The monoisotopic (exact) mass is 396 g/mol. The van der Waals surface area contributed by atoms with Gasteiger partial charge < -0.3 is 10.2 Å². The molecule has 0 unspecified atom stereocenters. The second kappa shape index (κ2) is 9.78. The van der Waals surface area contributed by atoms with Crippen LogP contribution in [-0.4, -0.2) is 35.6 Å². The molecule has 4 nitrogen and oxygen atoms in total. The van der Waals surface area contributed by atoms with Crippen molar-refractivity contribution in [2.24, 2.45) is 5.92 Å². The molecule has 1 atom stereocenters. The van der Waals surface area contributed by atoms with Crippen LogP contribution in [0.4, 0.5) is 0 Å². The van der Waals surface area contributed by atoms with Gasteiger partial charge in [0.15, 0.2) is 0 Å². The topological polar surface area (TPSA) is 49.4 Å². The number of rotatable bonds is 8. The first-order valence-corrected chi connectivity index (χ1v) is 10.9. The summed E-state index contributed by atoms with van der Waals surface area (Å²) in [5.41, 5.74) is 2.97. The van der Waals surface area contributed by atoms with E-state index in [1.54, 1.807) is 11.8 Å². The molecule has 0 radical (unpaired) electrons. The Kier molecular flexibility index (Phi) is 7.15. The zero-order valence-electron chi connectivity index (χ0n) is 16.6. The fourth-order valence-electron chi connectivity index (χ4n) is 3.24. The molecule has 148 valence electrons. The van der Waals surface area contributed by atoms with Crippen LogP contribution in [0.15, 0.2) is 54.6 Å². The van der Waals surface area contributed by atoms with E-state index in [9.17, 15) is 9.59 Å². The molecule has 3 rings (SSSR count). The number of benzene rings is 2. The van der Waals surface area contributed by atoms with Gasteiger partial charge in [-0.1, -0.05) is 56.3 Å². The number of thioether (sulfide) groups is 1. The van der Waals surface area contributed by atoms with Gasteiger partial charge >= 0.3 is 0 Å². The van der Waals surface area contributed by atoms with E-state index in [0.29, 0.717) is 30.3 Å². The summed E-state index contributed by atoms with van der Waals surface area (Å²) in [5, 5.41) is 2.99. The highest BCUT2D eigenvalue weighted by atomic mass is 32.2. The highest BCUT2D eigenvalue weighted by Gasteiger charge is 2.32. The van der Waals surface area contributed by atoms with Crippen molar-refractivity contribution in [2.75, 3.05) is 18.8 Å². The van der Waals surface area contributed by atoms with Crippen LogP contribution < -0.4 is 5.32 Å². The van der Waals surface area contributed by atoms with Gasteiger partial charge in [0.25, 0.3) is 5.91 Å². The zero-order chi connectivity index (χ0) is 19.9. The quantitative estimate of drug-likeness (QED) is 0.725. The van der Waals surface area contributed by atoms with E-state index >= 15 is 0 Å². The molecule has 5 heteroatoms. The Morgan fingerprint density at radius 3 is 2.54 bits per heavy atom. The van der Waals surface area contributed by atoms with E-state index in [1.807, 2.05) is 47.4 Å². The molecule has 1 fully saturated rings. The normalized spacial score (nSPS) is 16.6. The van der Waals surface area contributed by atoms with E-state index < -0.39 is 0 Å². The first kappa shape index (κ1) is 20.5. The fraction of sp³-hybridized carbons (Fsp3) is 0.391. The van der Waals surface area contributed by atoms with Crippen molar-refractivity contribution in [3.05, 3.63) is 71.3 Å². The number of hydrogen-bond acceptors (Lipinski definition) is 3. The van der Waals surface area contributed by atoms with Gasteiger partial charge in [-0.2, -0.15) is 0 Å². The highest BCUT2D eigenvalue weighted by Crippen LogP contribution is 2.38. The van der Waals surface area contributed by atoms with Gasteiger partial charge in [-0.25, -0.2) is 0 Å². The molecule has 0 spiro atoms. The summed E-state index contributed by atoms with van der Waals surface area (Å²) in [6, 6.07) is 17.9. The van der Waals surface area contributed by atoms with Gasteiger partial charge in [-0.15, -0.1) is 11.8 Å². The van der Waals surface area contributed by atoms with Crippen LogP contribution in [0.5, 0.6) is 0 Å². The van der Waals surface area contributed by atoms with E-state index in [4.69, 9.17) is 0 Å². The molecule has 1 aliphatic rings. The van der Waals surface area contributed by atoms with Crippen molar-refractivity contribution >= 4 is 23.6 Å². The minimum absolute atomic E-state index is 0.0225. The first-order chi connectivity index (χ1) is 13.5. The smallest absolute Gasteiger partial charge is 0.251 e. The van der Waals surface area contributed by atoms with E-state index in [-0.39, 0.29) is 17.2 Å². The van der Waals surface area contributed by atoms with Crippen molar-refractivity contribution < 1.29 is 9.59 Å². The summed E-state index contributed by atoms with van der Waals surface area (Å²) in [6.45, 7) is 5.69. The largest absolute Gasteiger partial charge is 0.352 e. The minimum atomic E-state index is -0.0386. The minimum Gasteiger partial charge on any atom is -0.352 e. The van der Waals surface area contributed by atoms with E-state index in [0.717, 1.165) is 18.4 Å². The Morgan fingerprint density at radius 1 is 1.14 bits per heavy atom. The summed E-state index contributed by atoms with van der Waals surface area (Å²) in [6.07, 6.45) is 1.82. The van der Waals surface area contributed by atoms with Crippen LogP contribution in [-0.2, 0) is 11.2 Å². The van der Waals surface area contributed by atoms with Crippen molar-refractivity contribution in [1.82, 2.24) is 10.2 Å². The molecular weight excluding hydrogens is 368 g/mol. The SMILES string of the molecule is CC(C)CCNC(=O)c1ccc([C@@H]2SCC(=O)N2CCc2ccccc2)cc1. The molecule has 2 amide bonds. The van der Waals surface area contributed by atoms with Gasteiger partial charge in [0.05, 0.1) is 5.75 Å². The molecule has 1 heterocycles. The van der Waals surface area contributed by atoms with Crippen LogP contribution in [0.1, 0.15) is 47.1 Å². The Hall–Kier alpha value is -2.27. The third-order valence-corrected chi connectivity index (χ3v) is 6.17. The lowest BCUT2D eigenvalue weighted by molar-refractivity contribution is -0.128. The van der Waals surface area contributed by atoms with Crippen molar-refractivity contribution in [3.63, 3.8) is 0 Å². The predicted octanol–water partition coefficient (Wildman–Crippen LogP) is 4.28. The van der Waals surface area contributed by atoms with Gasteiger partial charge in [0.1, 0.15) is 5.37 Å². The van der Waals surface area contributed by atoms with Crippen LogP contribution in [0, 0.1) is 5.92 Å². The Labute approximate surface area is 171 Å². The molecule has 2 aromatic rings. The van der Waals surface area contributed by atoms with Crippen LogP contribution in [0.3, 0.4) is 0 Å². The number of amides is 2. The highest BCUT2D eigenvalue weighted by molar-refractivity contribution is 8.00. The van der Waals surface area contributed by atoms with Gasteiger partial charge in [0, 0.05) is 18.7 Å². The zero-order valence-corrected chi connectivity index (χ0v) is 17.4. The van der Waals surface area contributed by atoms with E-state index in [1.165, 1.54) is 5.56 Å². The van der Waals surface area contributed by atoms with Crippen LogP contribution in [0.2, 0.25) is 0 Å². The summed E-state index contributed by atoms with van der Waals surface area (Å²) < 4.78 is 0. The summed E-state index contributed by atoms with van der Waals surface area (Å²) in [7, 11) is 0. The molecule has 0 aromatic heterocycles. The standard InChI is InChI=1S/C23H28N2O2S/c1-17(2)12-14-24-22(27)19-8-10-20(11-9-19)23-25(21(26)16-28-23)15-13-18-6-4-3-5-7-18/h3-11,17,23H,12-16H2,1-2H3,(H,24,27)/t23-/m0/s1. The van der Waals surface area contributed by atoms with Crippen LogP contribution >= 0.6 is 11.8 Å². The van der Waals surface area contributed by atoms with Crippen molar-refractivity contribution in [1.29, 1.82) is 0 Å². The first-order valence-electron chi connectivity index (χ1n) is 9.87. The summed E-state index contributed by atoms with van der Waals surface area (Å²) in [4.78, 5) is 26.6. The molecule has 0 saturated carbocycles. The third kappa shape index (κ3) is 5.38. The van der Waals surface area contributed by atoms with Gasteiger partial charge in [0.2, 0.25) is 5.91 Å². The molecular formula is C23H28N2O2S. The predicted molar refractivity (Wildman–Crippen MR) is 115 cm³/mol. The third-order valence-electron chi connectivity index (χ3n) is 4.92. The number of carbonyl (C=O) groups is 2. The van der Waals surface area contributed by atoms with Gasteiger partial charge in [-0.3, -0.25) is 9.59 Å². The molecule has 2 aromatic carbocycles. The van der Waals surface area contributed by atoms with E-state index in [2.05, 4.69) is 31.3 Å².